The average Bonchev–Trinajstić information content (AvgIpc) is 3.13. The van der Waals surface area contributed by atoms with Crippen LogP contribution < -0.4 is 10.1 Å². The maximum Gasteiger partial charge on any atom is 0.238 e. The predicted molar refractivity (Wildman–Crippen MR) is 72.4 cm³/mol. The van der Waals surface area contributed by atoms with E-state index in [9.17, 15) is 20.0 Å². The third-order valence-corrected chi connectivity index (χ3v) is 4.85. The molecule has 21 heavy (non-hydrogen) atoms. The van der Waals surface area contributed by atoms with Crippen molar-refractivity contribution < 1.29 is 20.0 Å². The van der Waals surface area contributed by atoms with Gasteiger partial charge in [-0.05, 0) is 24.3 Å². The number of anilines is 1. The van der Waals surface area contributed by atoms with Crippen LogP contribution in [-0.2, 0) is 9.59 Å². The molecule has 1 saturated heterocycles. The number of rotatable bonds is 2. The summed E-state index contributed by atoms with van der Waals surface area (Å²) in [5.74, 6) is -0.883. The van der Waals surface area contributed by atoms with Crippen molar-refractivity contribution in [3.05, 3.63) is 41.6 Å². The summed E-state index contributed by atoms with van der Waals surface area (Å²) >= 11 is 0. The minimum Gasteiger partial charge on any atom is -0.595 e. The molecule has 0 spiro atoms. The van der Waals surface area contributed by atoms with Gasteiger partial charge >= 0.3 is 0 Å². The number of amides is 2. The number of nitrogens with zero attached hydrogens (tertiary/aromatic N) is 1. The molecule has 6 heteroatoms. The summed E-state index contributed by atoms with van der Waals surface area (Å²) in [6, 6.07) is 6.17. The lowest BCUT2D eigenvalue weighted by atomic mass is 9.85. The Kier molecular flexibility index (Phi) is 2.56. The van der Waals surface area contributed by atoms with Crippen LogP contribution in [0.4, 0.5) is 11.4 Å². The second-order valence-electron chi connectivity index (χ2n) is 5.83. The molecule has 1 unspecified atom stereocenters. The maximum atomic E-state index is 12.6. The van der Waals surface area contributed by atoms with E-state index >= 15 is 0 Å². The Morgan fingerprint density at radius 1 is 1.10 bits per heavy atom. The number of para-hydroxylation sites is 2. The van der Waals surface area contributed by atoms with Crippen molar-refractivity contribution in [2.24, 2.45) is 23.7 Å². The van der Waals surface area contributed by atoms with E-state index in [1.54, 1.807) is 12.1 Å². The number of imide groups is 1. The van der Waals surface area contributed by atoms with Crippen molar-refractivity contribution in [2.75, 3.05) is 4.90 Å². The molecule has 1 aromatic carbocycles. The van der Waals surface area contributed by atoms with Crippen LogP contribution in [0.3, 0.4) is 0 Å². The lowest BCUT2D eigenvalue weighted by Crippen LogP contribution is -2.99. The second kappa shape index (κ2) is 4.24. The highest BCUT2D eigenvalue weighted by Crippen LogP contribution is 2.53. The molecule has 1 heterocycles. The van der Waals surface area contributed by atoms with E-state index in [0.717, 1.165) is 11.3 Å². The fourth-order valence-corrected chi connectivity index (χ4v) is 3.99. The Balaban J connectivity index is 1.78. The third kappa shape index (κ3) is 1.58. The summed E-state index contributed by atoms with van der Waals surface area (Å²) in [6.07, 6.45) is 4.90. The first-order valence-electron chi connectivity index (χ1n) is 6.98. The fraction of sp³-hybridized carbons (Fsp3) is 0.333. The first-order chi connectivity index (χ1) is 10.1. The van der Waals surface area contributed by atoms with Crippen molar-refractivity contribution in [3.63, 3.8) is 0 Å². The highest BCUT2D eigenvalue weighted by atomic mass is 16.8. The third-order valence-electron chi connectivity index (χ3n) is 4.85. The van der Waals surface area contributed by atoms with Crippen molar-refractivity contribution in [3.8, 4) is 0 Å². The molecule has 6 nitrogen and oxygen atoms in total. The molecule has 2 fully saturated rings. The van der Waals surface area contributed by atoms with Crippen LogP contribution in [-0.4, -0.2) is 17.0 Å². The summed E-state index contributed by atoms with van der Waals surface area (Å²) in [7, 11) is 0. The highest BCUT2D eigenvalue weighted by molar-refractivity contribution is 6.23. The summed E-state index contributed by atoms with van der Waals surface area (Å²) in [5.41, 5.74) is 0.174. The van der Waals surface area contributed by atoms with Crippen molar-refractivity contribution in [2.45, 2.75) is 6.42 Å². The number of nitrogens with one attached hydrogen (secondary N) is 1. The largest absolute Gasteiger partial charge is 0.595 e. The van der Waals surface area contributed by atoms with E-state index in [2.05, 4.69) is 0 Å². The number of carbonyl (C=O) groups is 2. The molecule has 2 amide bonds. The highest BCUT2D eigenvalue weighted by Gasteiger charge is 2.60. The van der Waals surface area contributed by atoms with Crippen LogP contribution in [0.25, 0.3) is 0 Å². The van der Waals surface area contributed by atoms with Gasteiger partial charge in [0, 0.05) is 6.07 Å². The van der Waals surface area contributed by atoms with Gasteiger partial charge in [0.05, 0.1) is 11.8 Å². The Bertz CT molecular complexity index is 639. The van der Waals surface area contributed by atoms with Gasteiger partial charge in [-0.15, -0.1) is 0 Å². The van der Waals surface area contributed by atoms with Crippen LogP contribution >= 0.6 is 0 Å². The van der Waals surface area contributed by atoms with Crippen LogP contribution in [0.5, 0.6) is 0 Å². The van der Waals surface area contributed by atoms with Gasteiger partial charge in [-0.1, -0.05) is 24.3 Å². The fourth-order valence-electron chi connectivity index (χ4n) is 3.99. The molecule has 1 aromatic rings. The van der Waals surface area contributed by atoms with Gasteiger partial charge < -0.3 is 5.21 Å². The van der Waals surface area contributed by atoms with Gasteiger partial charge in [0.1, 0.15) is 5.69 Å². The summed E-state index contributed by atoms with van der Waals surface area (Å²) < 4.78 is 0. The van der Waals surface area contributed by atoms with Gasteiger partial charge in [-0.3, -0.25) is 9.59 Å². The number of fused-ring (bicyclic) bond motifs is 5. The Labute approximate surface area is 120 Å². The predicted octanol–water partition coefficient (Wildman–Crippen LogP) is 0.402. The number of allylic oxidation sites excluding steroid dienone is 2. The summed E-state index contributed by atoms with van der Waals surface area (Å²) in [5, 5.41) is 19.4. The van der Waals surface area contributed by atoms with Crippen molar-refractivity contribution in [1.82, 2.24) is 0 Å². The molecule has 5 atom stereocenters. The SMILES string of the molecule is O=C1[C@H]2[C@H](C(=O)N1c1ccccc1[NH+]([O-])O)[C@@H]1C=C[C@@H]2C1. The molecule has 2 aliphatic carbocycles. The Hall–Kier alpha value is -2.02. The molecule has 3 aliphatic rings. The number of benzene rings is 1. The number of quaternary nitrogens is 1. The molecule has 2 bridgehead atoms. The van der Waals surface area contributed by atoms with Crippen LogP contribution in [0.2, 0.25) is 0 Å². The quantitative estimate of drug-likeness (QED) is 0.468. The Morgan fingerprint density at radius 3 is 2.24 bits per heavy atom. The zero-order valence-electron chi connectivity index (χ0n) is 11.1. The molecular weight excluding hydrogens is 272 g/mol. The molecule has 0 aromatic heterocycles. The van der Waals surface area contributed by atoms with E-state index < -0.39 is 5.23 Å². The van der Waals surface area contributed by atoms with E-state index in [4.69, 9.17) is 0 Å². The standard InChI is InChI=1S/C15H14N2O4/c18-14-12-8-5-6-9(7-8)13(12)15(19)16(14)10-3-1-2-4-11(10)17(20)21/h1-6,8-9,12-13,17,20H,7H2/t8-,9-,12-,13-/m1/s1. The minimum absolute atomic E-state index is 0.0144. The molecule has 2 N–H and O–H groups in total. The molecular formula is C15H14N2O4. The zero-order valence-corrected chi connectivity index (χ0v) is 11.1. The smallest absolute Gasteiger partial charge is 0.238 e. The first-order valence-corrected chi connectivity index (χ1v) is 6.98. The number of hydrogen-bond acceptors (Lipinski definition) is 4. The van der Waals surface area contributed by atoms with Crippen LogP contribution in [0.1, 0.15) is 6.42 Å². The maximum absolute atomic E-state index is 12.6. The molecule has 1 aliphatic heterocycles. The lowest BCUT2D eigenvalue weighted by Gasteiger charge is -2.22. The topological polar surface area (TPSA) is 85.1 Å². The van der Waals surface area contributed by atoms with Gasteiger partial charge in [-0.2, -0.15) is 5.23 Å². The van der Waals surface area contributed by atoms with E-state index in [1.807, 2.05) is 12.2 Å². The van der Waals surface area contributed by atoms with Gasteiger partial charge in [-0.25, -0.2) is 10.1 Å². The first kappa shape index (κ1) is 12.7. The second-order valence-corrected chi connectivity index (χ2v) is 5.83. The van der Waals surface area contributed by atoms with E-state index in [0.29, 0.717) is 0 Å². The van der Waals surface area contributed by atoms with Gasteiger partial charge in [0.2, 0.25) is 11.8 Å². The van der Waals surface area contributed by atoms with Crippen molar-refractivity contribution in [1.29, 1.82) is 0 Å². The normalized spacial score (nSPS) is 34.7. The molecule has 4 rings (SSSR count). The summed E-state index contributed by atoms with van der Waals surface area (Å²) in [4.78, 5) is 26.4. The molecule has 108 valence electrons. The monoisotopic (exact) mass is 286 g/mol. The van der Waals surface area contributed by atoms with Crippen molar-refractivity contribution >= 4 is 23.2 Å². The van der Waals surface area contributed by atoms with E-state index in [1.165, 1.54) is 12.1 Å². The lowest BCUT2D eigenvalue weighted by molar-refractivity contribution is -0.990. The average molecular weight is 286 g/mol. The zero-order chi connectivity index (χ0) is 14.7. The molecule has 1 saturated carbocycles. The number of carbonyl (C=O) groups excluding carboxylic acids is 2. The number of hydrogen-bond donors (Lipinski definition) is 2. The van der Waals surface area contributed by atoms with Gasteiger partial charge in [0.15, 0.2) is 5.69 Å². The minimum atomic E-state index is -1.13. The van der Waals surface area contributed by atoms with Crippen LogP contribution in [0, 0.1) is 28.9 Å². The Morgan fingerprint density at radius 2 is 1.67 bits per heavy atom. The van der Waals surface area contributed by atoms with Gasteiger partial charge in [0.25, 0.3) is 0 Å². The van der Waals surface area contributed by atoms with Crippen LogP contribution in [0.15, 0.2) is 36.4 Å². The molecule has 0 radical (unpaired) electrons. The van der Waals surface area contributed by atoms with E-state index in [-0.39, 0.29) is 46.9 Å². The summed E-state index contributed by atoms with van der Waals surface area (Å²) in [6.45, 7) is 0.